The Hall–Kier alpha value is -3.18. The molecule has 1 aromatic heterocycles. The fraction of sp³-hybridized carbons (Fsp3) is 0.333. The molecule has 0 saturated carbocycles. The maximum atomic E-state index is 12.2. The zero-order valence-corrected chi connectivity index (χ0v) is 18.7. The first-order valence-corrected chi connectivity index (χ1v) is 11.2. The average molecular weight is 431 g/mol. The number of carbonyl (C=O) groups is 1. The van der Waals surface area contributed by atoms with Gasteiger partial charge in [0.2, 0.25) is 0 Å². The van der Waals surface area contributed by atoms with E-state index in [0.717, 1.165) is 66.0 Å². The van der Waals surface area contributed by atoms with E-state index in [4.69, 9.17) is 14.5 Å². The number of rotatable bonds is 7. The van der Waals surface area contributed by atoms with Gasteiger partial charge in [0.15, 0.2) is 0 Å². The molecule has 1 aliphatic heterocycles. The predicted octanol–water partition coefficient (Wildman–Crippen LogP) is 5.45. The van der Waals surface area contributed by atoms with Crippen molar-refractivity contribution >= 4 is 6.29 Å². The Balaban J connectivity index is 1.73. The van der Waals surface area contributed by atoms with Gasteiger partial charge in [-0.15, -0.1) is 0 Å². The van der Waals surface area contributed by atoms with Crippen LogP contribution in [0, 0.1) is 0 Å². The molecule has 0 amide bonds. The first kappa shape index (κ1) is 22.0. The molecule has 5 nitrogen and oxygen atoms in total. The van der Waals surface area contributed by atoms with E-state index >= 15 is 0 Å². The van der Waals surface area contributed by atoms with Crippen LogP contribution in [0.25, 0.3) is 11.3 Å². The lowest BCUT2D eigenvalue weighted by Gasteiger charge is -2.35. The summed E-state index contributed by atoms with van der Waals surface area (Å²) in [5.74, 6) is 1.58. The predicted molar refractivity (Wildman–Crippen MR) is 126 cm³/mol. The van der Waals surface area contributed by atoms with E-state index in [2.05, 4.69) is 17.0 Å². The molecule has 0 aliphatic carbocycles. The minimum absolute atomic E-state index is 0.000909. The maximum absolute atomic E-state index is 12.2. The Morgan fingerprint density at radius 2 is 1.59 bits per heavy atom. The third kappa shape index (κ3) is 4.68. The average Bonchev–Trinajstić information content (AvgIpc) is 3.06. The minimum Gasteiger partial charge on any atom is -0.496 e. The van der Waals surface area contributed by atoms with Crippen LogP contribution >= 0.6 is 0 Å². The van der Waals surface area contributed by atoms with Gasteiger partial charge in [0.25, 0.3) is 0 Å². The summed E-state index contributed by atoms with van der Waals surface area (Å²) in [4.78, 5) is 19.4. The van der Waals surface area contributed by atoms with Crippen LogP contribution in [0.1, 0.15) is 43.0 Å². The Labute approximate surface area is 190 Å². The first-order chi connectivity index (χ1) is 15.7. The van der Waals surface area contributed by atoms with Gasteiger partial charge in [-0.3, -0.25) is 9.88 Å². The number of benzene rings is 2. The number of nitrogens with zero attached hydrogens (tertiary/aromatic N) is 2. The number of aldehydes is 1. The fourth-order valence-corrected chi connectivity index (χ4v) is 4.67. The zero-order valence-electron chi connectivity index (χ0n) is 18.7. The molecule has 1 aliphatic rings. The van der Waals surface area contributed by atoms with E-state index in [1.807, 2.05) is 54.6 Å². The van der Waals surface area contributed by atoms with Gasteiger partial charge >= 0.3 is 0 Å². The lowest BCUT2D eigenvalue weighted by atomic mass is 9.97. The van der Waals surface area contributed by atoms with Gasteiger partial charge in [-0.2, -0.15) is 0 Å². The van der Waals surface area contributed by atoms with Crippen molar-refractivity contribution in [3.8, 4) is 22.8 Å². The number of carbonyl (C=O) groups excluding carboxylic acids is 1. The highest BCUT2D eigenvalue weighted by Gasteiger charge is 2.33. The smallest absolute Gasteiger partial charge is 0.137 e. The number of aromatic nitrogens is 1. The van der Waals surface area contributed by atoms with Gasteiger partial charge in [-0.05, 0) is 37.1 Å². The molecule has 166 valence electrons. The van der Waals surface area contributed by atoms with Crippen LogP contribution in [0.5, 0.6) is 11.5 Å². The van der Waals surface area contributed by atoms with E-state index in [9.17, 15) is 4.79 Å². The van der Waals surface area contributed by atoms with Gasteiger partial charge < -0.3 is 14.3 Å². The number of hydrogen-bond donors (Lipinski definition) is 0. The molecular weight excluding hydrogens is 400 g/mol. The van der Waals surface area contributed by atoms with Crippen molar-refractivity contribution in [2.24, 2.45) is 0 Å². The van der Waals surface area contributed by atoms with E-state index in [-0.39, 0.29) is 12.1 Å². The fourth-order valence-electron chi connectivity index (χ4n) is 4.67. The van der Waals surface area contributed by atoms with E-state index in [1.165, 1.54) is 0 Å². The van der Waals surface area contributed by atoms with E-state index < -0.39 is 0 Å². The molecule has 0 N–H and O–H groups in total. The summed E-state index contributed by atoms with van der Waals surface area (Å²) >= 11 is 0. The number of methoxy groups -OCH3 is 2. The standard InChI is InChI=1S/C27H30N2O3/c1-31-25-16-9-17-26(32-2)27(25)24-15-7-6-13-22(19-30)29(24)18-21-12-8-14-23(28-21)20-10-4-3-5-11-20/h3-5,8-12,14,16-17,19,22,24H,6-7,13,15,18H2,1-2H3. The maximum Gasteiger partial charge on any atom is 0.137 e. The van der Waals surface area contributed by atoms with Crippen LogP contribution in [0.2, 0.25) is 0 Å². The molecule has 2 unspecified atom stereocenters. The van der Waals surface area contributed by atoms with Crippen molar-refractivity contribution in [2.75, 3.05) is 14.2 Å². The number of ether oxygens (including phenoxy) is 2. The van der Waals surface area contributed by atoms with Gasteiger partial charge in [-0.25, -0.2) is 0 Å². The molecule has 0 radical (unpaired) electrons. The molecular formula is C27H30N2O3. The van der Waals surface area contributed by atoms with Crippen LogP contribution in [-0.2, 0) is 11.3 Å². The number of likely N-dealkylation sites (tertiary alicyclic amines) is 1. The molecule has 4 rings (SSSR count). The molecule has 5 heteroatoms. The Kier molecular flexibility index (Phi) is 7.17. The summed E-state index contributed by atoms with van der Waals surface area (Å²) in [6.45, 7) is 0.579. The van der Waals surface area contributed by atoms with Gasteiger partial charge in [0, 0.05) is 18.2 Å². The Bertz CT molecular complexity index is 1020. The summed E-state index contributed by atoms with van der Waals surface area (Å²) < 4.78 is 11.4. The highest BCUT2D eigenvalue weighted by Crippen LogP contribution is 2.42. The van der Waals surface area contributed by atoms with Crippen molar-refractivity contribution in [3.05, 3.63) is 78.0 Å². The van der Waals surface area contributed by atoms with Crippen molar-refractivity contribution in [1.29, 1.82) is 0 Å². The summed E-state index contributed by atoms with van der Waals surface area (Å²) in [5.41, 5.74) is 3.97. The van der Waals surface area contributed by atoms with Crippen molar-refractivity contribution in [3.63, 3.8) is 0 Å². The van der Waals surface area contributed by atoms with Crippen molar-refractivity contribution in [1.82, 2.24) is 9.88 Å². The van der Waals surface area contributed by atoms with Gasteiger partial charge in [-0.1, -0.05) is 55.3 Å². The number of hydrogen-bond acceptors (Lipinski definition) is 5. The summed E-state index contributed by atoms with van der Waals surface area (Å²) in [7, 11) is 3.36. The van der Waals surface area contributed by atoms with E-state index in [1.54, 1.807) is 14.2 Å². The first-order valence-electron chi connectivity index (χ1n) is 11.2. The van der Waals surface area contributed by atoms with Crippen LogP contribution in [0.15, 0.2) is 66.7 Å². The summed E-state index contributed by atoms with van der Waals surface area (Å²) in [6, 6.07) is 22.0. The van der Waals surface area contributed by atoms with Crippen molar-refractivity contribution in [2.45, 2.75) is 44.3 Å². The topological polar surface area (TPSA) is 51.7 Å². The molecule has 32 heavy (non-hydrogen) atoms. The lowest BCUT2D eigenvalue weighted by molar-refractivity contribution is -0.113. The highest BCUT2D eigenvalue weighted by atomic mass is 16.5. The van der Waals surface area contributed by atoms with Gasteiger partial charge in [0.05, 0.1) is 37.2 Å². The van der Waals surface area contributed by atoms with E-state index in [0.29, 0.717) is 6.54 Å². The molecule has 0 bridgehead atoms. The Morgan fingerprint density at radius 1 is 0.906 bits per heavy atom. The van der Waals surface area contributed by atoms with Crippen LogP contribution < -0.4 is 9.47 Å². The monoisotopic (exact) mass is 430 g/mol. The second-order valence-corrected chi connectivity index (χ2v) is 8.13. The normalized spacial score (nSPS) is 19.2. The second-order valence-electron chi connectivity index (χ2n) is 8.13. The molecule has 1 fully saturated rings. The Morgan fingerprint density at radius 3 is 2.28 bits per heavy atom. The molecule has 3 aromatic rings. The third-order valence-electron chi connectivity index (χ3n) is 6.23. The minimum atomic E-state index is -0.181. The summed E-state index contributed by atoms with van der Waals surface area (Å²) in [6.07, 6.45) is 4.92. The van der Waals surface area contributed by atoms with Crippen LogP contribution in [0.3, 0.4) is 0 Å². The summed E-state index contributed by atoms with van der Waals surface area (Å²) in [5, 5.41) is 0. The third-order valence-corrected chi connectivity index (χ3v) is 6.23. The highest BCUT2D eigenvalue weighted by molar-refractivity contribution is 5.60. The molecule has 1 saturated heterocycles. The number of pyridine rings is 1. The molecule has 0 spiro atoms. The SMILES string of the molecule is COc1cccc(OC)c1C1CCCCC(C=O)N1Cc1cccc(-c2ccccc2)n1. The van der Waals surface area contributed by atoms with Crippen molar-refractivity contribution < 1.29 is 14.3 Å². The molecule has 2 heterocycles. The lowest BCUT2D eigenvalue weighted by Crippen LogP contribution is -2.38. The van der Waals surface area contributed by atoms with Gasteiger partial charge in [0.1, 0.15) is 17.8 Å². The molecule has 2 aromatic carbocycles. The van der Waals surface area contributed by atoms with Crippen LogP contribution in [0.4, 0.5) is 0 Å². The molecule has 2 atom stereocenters. The van der Waals surface area contributed by atoms with Crippen LogP contribution in [-0.4, -0.2) is 36.4 Å². The second kappa shape index (κ2) is 10.4. The zero-order chi connectivity index (χ0) is 22.3. The quantitative estimate of drug-likeness (QED) is 0.467. The largest absolute Gasteiger partial charge is 0.496 e.